The Hall–Kier alpha value is -3.91. The van der Waals surface area contributed by atoms with Gasteiger partial charge in [0, 0.05) is 68.7 Å². The lowest BCUT2D eigenvalue weighted by molar-refractivity contribution is -0.131. The van der Waals surface area contributed by atoms with Crippen molar-refractivity contribution in [2.75, 3.05) is 74.7 Å². The van der Waals surface area contributed by atoms with Gasteiger partial charge in [-0.25, -0.2) is 13.8 Å². The quantitative estimate of drug-likeness (QED) is 0.438. The molecule has 1 aromatic carbocycles. The molecule has 5 heterocycles. The van der Waals surface area contributed by atoms with E-state index in [1.807, 2.05) is 19.2 Å². The molecule has 0 unspecified atom stereocenters. The maximum Gasteiger partial charge on any atom is 0.282 e. The van der Waals surface area contributed by atoms with Crippen LogP contribution in [0.3, 0.4) is 0 Å². The van der Waals surface area contributed by atoms with Gasteiger partial charge in [0.2, 0.25) is 5.88 Å². The third-order valence-corrected chi connectivity index (χ3v) is 9.72. The number of anilines is 3. The summed E-state index contributed by atoms with van der Waals surface area (Å²) in [5.74, 6) is -1.37. The van der Waals surface area contributed by atoms with Gasteiger partial charge in [-0.1, -0.05) is 6.58 Å². The second-order valence-electron chi connectivity index (χ2n) is 12.4. The molecule has 11 heteroatoms. The van der Waals surface area contributed by atoms with E-state index in [9.17, 15) is 18.8 Å². The minimum Gasteiger partial charge on any atom is -0.476 e. The molecule has 2 saturated heterocycles. The Bertz CT molecular complexity index is 1480. The number of likely N-dealkylation sites (tertiary alicyclic amines) is 1. The highest BCUT2D eigenvalue weighted by atomic mass is 19.1. The normalized spacial score (nSPS) is 22.0. The average Bonchev–Trinajstić information content (AvgIpc) is 3.44. The van der Waals surface area contributed by atoms with Crippen molar-refractivity contribution >= 4 is 23.0 Å². The van der Waals surface area contributed by atoms with Crippen LogP contribution in [0.4, 0.5) is 25.8 Å². The molecule has 0 saturated carbocycles. The molecule has 0 radical (unpaired) electrons. The monoisotopic (exact) mass is 605 g/mol. The van der Waals surface area contributed by atoms with E-state index in [2.05, 4.69) is 39.3 Å². The van der Waals surface area contributed by atoms with E-state index in [0.29, 0.717) is 38.2 Å². The smallest absolute Gasteiger partial charge is 0.282 e. The van der Waals surface area contributed by atoms with E-state index in [0.717, 1.165) is 85.6 Å². The van der Waals surface area contributed by atoms with Crippen LogP contribution in [-0.2, 0) is 24.2 Å². The van der Waals surface area contributed by atoms with Gasteiger partial charge in [-0.15, -0.1) is 0 Å². The molecule has 234 valence electrons. The highest BCUT2D eigenvalue weighted by molar-refractivity contribution is 5.91. The minimum atomic E-state index is -1.01. The summed E-state index contributed by atoms with van der Waals surface area (Å²) < 4.78 is 35.0. The van der Waals surface area contributed by atoms with Gasteiger partial charge >= 0.3 is 0 Å². The topological polar surface area (TPSA) is 79.2 Å². The summed E-state index contributed by atoms with van der Waals surface area (Å²) in [5.41, 5.74) is 5.77. The first-order valence-electron chi connectivity index (χ1n) is 15.7. The molecule has 0 bridgehead atoms. The number of carbonyl (C=O) groups excluding carboxylic acids is 1. The van der Waals surface area contributed by atoms with Crippen molar-refractivity contribution in [3.8, 4) is 11.9 Å². The van der Waals surface area contributed by atoms with Gasteiger partial charge in [-0.3, -0.25) is 4.79 Å². The molecule has 4 aliphatic heterocycles. The zero-order valence-corrected chi connectivity index (χ0v) is 25.7. The van der Waals surface area contributed by atoms with Crippen molar-refractivity contribution in [1.82, 2.24) is 14.8 Å². The third kappa shape index (κ3) is 5.80. The molecule has 4 aliphatic rings. The molecule has 1 amide bonds. The fourth-order valence-corrected chi connectivity index (χ4v) is 7.33. The molecule has 6 rings (SSSR count). The predicted molar refractivity (Wildman–Crippen MR) is 166 cm³/mol. The lowest BCUT2D eigenvalue weighted by atomic mass is 9.96. The number of aromatic nitrogens is 1. The first-order chi connectivity index (χ1) is 21.2. The number of piperazine rings is 1. The fourth-order valence-electron chi connectivity index (χ4n) is 7.33. The lowest BCUT2D eigenvalue weighted by Gasteiger charge is -2.43. The van der Waals surface area contributed by atoms with Crippen molar-refractivity contribution in [3.63, 3.8) is 0 Å². The van der Waals surface area contributed by atoms with Crippen LogP contribution in [0.25, 0.3) is 0 Å². The van der Waals surface area contributed by atoms with Crippen molar-refractivity contribution < 1.29 is 18.3 Å². The molecule has 0 spiro atoms. The number of ether oxygens (including phenoxy) is 1. The van der Waals surface area contributed by atoms with Crippen LogP contribution in [0.2, 0.25) is 0 Å². The van der Waals surface area contributed by atoms with Crippen LogP contribution in [0.1, 0.15) is 42.5 Å². The summed E-state index contributed by atoms with van der Waals surface area (Å²) in [6.07, 6.45) is 4.71. The molecule has 0 N–H and O–H groups in total. The van der Waals surface area contributed by atoms with Crippen molar-refractivity contribution in [2.24, 2.45) is 0 Å². The number of carbonyl (C=O) groups is 1. The molecular weight excluding hydrogens is 564 g/mol. The van der Waals surface area contributed by atoms with E-state index in [1.165, 1.54) is 4.90 Å². The van der Waals surface area contributed by atoms with E-state index < -0.39 is 17.8 Å². The van der Waals surface area contributed by atoms with Gasteiger partial charge in [-0.05, 0) is 57.8 Å². The second-order valence-corrected chi connectivity index (χ2v) is 12.4. The standard InChI is InChI=1S/C33H41F2N7O2/c1-22(34)33(43)42-17-16-41(19-23(42)10-12-36)30-18-31(44-21-24-6-4-13-38(24)2)37-28-20-40(15-11-26(28)30)29-9-8-27(35)25-7-5-14-39(3)32(25)29/h8-9,18,23-24H,1,4-7,10-11,13-17,19-21H2,2-3H3/t23-,24-/m0/s1. The summed E-state index contributed by atoms with van der Waals surface area (Å²) in [7, 11) is 4.15. The van der Waals surface area contributed by atoms with Crippen LogP contribution >= 0.6 is 0 Å². The number of hydrogen-bond donors (Lipinski definition) is 0. The molecule has 0 aliphatic carbocycles. The lowest BCUT2D eigenvalue weighted by Crippen LogP contribution is -2.55. The van der Waals surface area contributed by atoms with Gasteiger partial charge in [0.15, 0.2) is 5.83 Å². The number of benzene rings is 1. The van der Waals surface area contributed by atoms with Crippen LogP contribution < -0.4 is 19.4 Å². The van der Waals surface area contributed by atoms with Crippen LogP contribution in [-0.4, -0.2) is 92.7 Å². The first kappa shape index (κ1) is 30.1. The Morgan fingerprint density at radius 3 is 2.66 bits per heavy atom. The Kier molecular flexibility index (Phi) is 8.63. The number of halogens is 2. The van der Waals surface area contributed by atoms with Gasteiger partial charge in [0.25, 0.3) is 5.91 Å². The van der Waals surface area contributed by atoms with Gasteiger partial charge in [-0.2, -0.15) is 5.26 Å². The van der Waals surface area contributed by atoms with Gasteiger partial charge < -0.3 is 29.2 Å². The molecule has 1 aromatic heterocycles. The Morgan fingerprint density at radius 2 is 1.91 bits per heavy atom. The third-order valence-electron chi connectivity index (χ3n) is 9.72. The molecule has 9 nitrogen and oxygen atoms in total. The summed E-state index contributed by atoms with van der Waals surface area (Å²) in [4.78, 5) is 27.9. The van der Waals surface area contributed by atoms with Gasteiger partial charge in [0.1, 0.15) is 12.4 Å². The van der Waals surface area contributed by atoms with Crippen molar-refractivity contribution in [2.45, 2.75) is 57.2 Å². The zero-order valence-electron chi connectivity index (χ0n) is 25.7. The molecule has 44 heavy (non-hydrogen) atoms. The second kappa shape index (κ2) is 12.6. The van der Waals surface area contributed by atoms with E-state index in [-0.39, 0.29) is 18.8 Å². The van der Waals surface area contributed by atoms with Gasteiger partial charge in [0.05, 0.1) is 42.1 Å². The van der Waals surface area contributed by atoms with E-state index >= 15 is 0 Å². The Labute approximate surface area is 258 Å². The minimum absolute atomic E-state index is 0.0944. The number of amides is 1. The highest BCUT2D eigenvalue weighted by Crippen LogP contribution is 2.41. The highest BCUT2D eigenvalue weighted by Gasteiger charge is 2.35. The summed E-state index contributed by atoms with van der Waals surface area (Å²) in [6, 6.07) is 7.50. The van der Waals surface area contributed by atoms with Crippen LogP contribution in [0.5, 0.6) is 5.88 Å². The number of fused-ring (bicyclic) bond motifs is 2. The maximum atomic E-state index is 14.8. The molecule has 2 aromatic rings. The van der Waals surface area contributed by atoms with E-state index in [4.69, 9.17) is 9.72 Å². The number of nitrogens with zero attached hydrogens (tertiary/aromatic N) is 7. The number of rotatable bonds is 7. The molecule has 2 fully saturated rings. The average molecular weight is 606 g/mol. The SMILES string of the molecule is C=C(F)C(=O)N1CCN(c2cc(OC[C@@H]3CCCN3C)nc3c2CCN(c2ccc(F)c4c2N(C)CCC4)C3)C[C@@H]1CC#N. The predicted octanol–water partition coefficient (Wildman–Crippen LogP) is 4.05. The summed E-state index contributed by atoms with van der Waals surface area (Å²) in [5, 5.41) is 9.51. The number of hydrogen-bond acceptors (Lipinski definition) is 8. The van der Waals surface area contributed by atoms with Crippen LogP contribution in [0, 0.1) is 17.1 Å². The zero-order chi connectivity index (χ0) is 31.0. The molecule has 2 atom stereocenters. The summed E-state index contributed by atoms with van der Waals surface area (Å²) in [6.45, 7) is 8.13. The Morgan fingerprint density at radius 1 is 1.07 bits per heavy atom. The summed E-state index contributed by atoms with van der Waals surface area (Å²) >= 11 is 0. The first-order valence-corrected chi connectivity index (χ1v) is 15.7. The number of likely N-dealkylation sites (N-methyl/N-ethyl adjacent to an activating group) is 1. The fraction of sp³-hybridized carbons (Fsp3) is 0.545. The number of nitriles is 1. The Balaban J connectivity index is 1.33. The van der Waals surface area contributed by atoms with E-state index in [1.54, 1.807) is 6.07 Å². The van der Waals surface area contributed by atoms with Crippen molar-refractivity contribution in [3.05, 3.63) is 53.2 Å². The van der Waals surface area contributed by atoms with Crippen LogP contribution in [0.15, 0.2) is 30.6 Å². The maximum absolute atomic E-state index is 14.8. The number of pyridine rings is 1. The molecular formula is C33H41F2N7O2. The largest absolute Gasteiger partial charge is 0.476 e. The van der Waals surface area contributed by atoms with Crippen molar-refractivity contribution in [1.29, 1.82) is 5.26 Å².